The second-order valence-electron chi connectivity index (χ2n) is 9.99. The summed E-state index contributed by atoms with van der Waals surface area (Å²) in [5.74, 6) is -57.9. The molecule has 0 aromatic rings. The van der Waals surface area contributed by atoms with E-state index in [1.165, 1.54) is 0 Å². The molecule has 1 heterocycles. The summed E-state index contributed by atoms with van der Waals surface area (Å²) in [5.41, 5.74) is 0. The average Bonchev–Trinajstić information content (AvgIpc) is 3.39. The number of hydrogen-bond acceptors (Lipinski definition) is 5. The van der Waals surface area contributed by atoms with Crippen LogP contribution in [-0.4, -0.2) is 84.2 Å². The van der Waals surface area contributed by atoms with Crippen LogP contribution in [0.4, 0.5) is 74.6 Å². The predicted octanol–water partition coefficient (Wildman–Crippen LogP) is 7.14. The summed E-state index contributed by atoms with van der Waals surface area (Å²) >= 11 is 0. The van der Waals surface area contributed by atoms with Gasteiger partial charge in [-0.3, -0.25) is 9.59 Å². The van der Waals surface area contributed by atoms with Crippen molar-refractivity contribution in [1.29, 1.82) is 0 Å². The maximum atomic E-state index is 14.6. The molecule has 1 aliphatic carbocycles. The van der Waals surface area contributed by atoms with Gasteiger partial charge in [0.2, 0.25) is 0 Å². The van der Waals surface area contributed by atoms with Gasteiger partial charge in [0.1, 0.15) is 11.6 Å². The van der Waals surface area contributed by atoms with Crippen molar-refractivity contribution in [3.63, 3.8) is 0 Å². The van der Waals surface area contributed by atoms with Crippen LogP contribution in [0, 0.1) is 5.92 Å². The summed E-state index contributed by atoms with van der Waals surface area (Å²) in [4.78, 5) is 24.2. The summed E-state index contributed by atoms with van der Waals surface area (Å²) in [6.45, 7) is 0. The highest BCUT2D eigenvalue weighted by molar-refractivity contribution is 8.33. The molecule has 0 radical (unpaired) electrons. The van der Waals surface area contributed by atoms with Crippen LogP contribution in [0.15, 0.2) is 0 Å². The maximum absolute atomic E-state index is 14.6. The molecule has 2 fully saturated rings. The van der Waals surface area contributed by atoms with Crippen molar-refractivity contribution in [2.75, 3.05) is 17.3 Å². The number of carbonyl (C=O) groups excluding carboxylic acids is 2. The van der Waals surface area contributed by atoms with Crippen LogP contribution in [0.3, 0.4) is 0 Å². The lowest BCUT2D eigenvalue weighted by molar-refractivity contribution is -0.458. The number of Topliss-reactive ketones (excluding diaryl/α,β-unsaturated/α-hetero) is 2. The normalized spacial score (nSPS) is 21.4. The number of alkyl halides is 17. The summed E-state index contributed by atoms with van der Waals surface area (Å²) < 4.78 is 259. The summed E-state index contributed by atoms with van der Waals surface area (Å²) in [5, 5.41) is -7.83. The van der Waals surface area contributed by atoms with Crippen molar-refractivity contribution in [3.05, 3.63) is 0 Å². The molecule has 44 heavy (non-hydrogen) atoms. The van der Waals surface area contributed by atoms with E-state index in [4.69, 9.17) is 0 Å². The van der Waals surface area contributed by atoms with Crippen LogP contribution in [0.1, 0.15) is 38.5 Å². The highest BCUT2D eigenvalue weighted by Crippen LogP contribution is 2.65. The lowest BCUT2D eigenvalue weighted by atomic mass is 9.91. The third kappa shape index (κ3) is 5.76. The third-order valence-electron chi connectivity index (χ3n) is 6.96. The number of carbonyl (C=O) groups is 2. The van der Waals surface area contributed by atoms with E-state index in [1.807, 2.05) is 0 Å². The largest absolute Gasteiger partial charge is 0.460 e. The molecule has 1 aliphatic heterocycles. The van der Waals surface area contributed by atoms with E-state index < -0.39 is 115 Å². The molecule has 0 aromatic carbocycles. The second kappa shape index (κ2) is 11.3. The highest BCUT2D eigenvalue weighted by Gasteiger charge is 2.96. The summed E-state index contributed by atoms with van der Waals surface area (Å²) in [7, 11) is -11.9. The van der Waals surface area contributed by atoms with Gasteiger partial charge in [0.05, 0.1) is 5.75 Å². The average molecular weight is 726 g/mol. The Morgan fingerprint density at radius 1 is 0.659 bits per heavy atom. The van der Waals surface area contributed by atoms with E-state index in [0.29, 0.717) is 12.8 Å². The minimum absolute atomic E-state index is 0.168. The lowest BCUT2D eigenvalue weighted by Gasteiger charge is -2.44. The molecule has 2 rings (SSSR count). The quantitative estimate of drug-likeness (QED) is 0.200. The van der Waals surface area contributed by atoms with Gasteiger partial charge in [-0.25, -0.2) is 3.63 Å². The fourth-order valence-electron chi connectivity index (χ4n) is 4.23. The van der Waals surface area contributed by atoms with Gasteiger partial charge in [-0.05, 0) is 12.8 Å². The van der Waals surface area contributed by atoms with Gasteiger partial charge in [0, 0.05) is 30.3 Å². The molecule has 1 saturated heterocycles. The molecule has 0 N–H and O–H groups in total. The highest BCUT2D eigenvalue weighted by atomic mass is 32.3. The Morgan fingerprint density at radius 3 is 1.41 bits per heavy atom. The van der Waals surface area contributed by atoms with E-state index in [9.17, 15) is 92.6 Å². The van der Waals surface area contributed by atoms with E-state index in [0.717, 1.165) is 0 Å². The van der Waals surface area contributed by atoms with Gasteiger partial charge in [-0.15, -0.1) is 10.3 Å². The molecular weight excluding hydrogens is 707 g/mol. The SMILES string of the molecule is O=C1CCS(CC(=O)C2CCCC2)(OS(=O)(=O)C(F)(F)C(F)(F)C(F)(F)C(F)(F)C(F)(F)C(F)(F)C(F)(F)C(F)(F)F)CC1. The van der Waals surface area contributed by atoms with Crippen molar-refractivity contribution in [1.82, 2.24) is 0 Å². The number of hydrogen-bond donors (Lipinski definition) is 0. The van der Waals surface area contributed by atoms with Crippen LogP contribution in [-0.2, 0) is 23.3 Å². The van der Waals surface area contributed by atoms with E-state index in [1.54, 1.807) is 0 Å². The van der Waals surface area contributed by atoms with Crippen molar-refractivity contribution in [2.45, 2.75) is 85.5 Å². The minimum Gasteiger partial charge on any atom is -0.300 e. The molecular formula is C20H19F17O5S2. The Morgan fingerprint density at radius 2 is 1.02 bits per heavy atom. The second-order valence-corrected chi connectivity index (χ2v) is 15.0. The lowest BCUT2D eigenvalue weighted by Crippen LogP contribution is -2.75. The maximum Gasteiger partial charge on any atom is 0.460 e. The molecule has 24 heteroatoms. The van der Waals surface area contributed by atoms with Crippen molar-refractivity contribution >= 4 is 32.0 Å². The first-order chi connectivity index (χ1) is 19.3. The van der Waals surface area contributed by atoms with Crippen LogP contribution < -0.4 is 0 Å². The zero-order chi connectivity index (χ0) is 34.8. The summed E-state index contributed by atoms with van der Waals surface area (Å²) in [6, 6.07) is 0. The van der Waals surface area contributed by atoms with Gasteiger partial charge in [-0.2, -0.15) is 83.1 Å². The van der Waals surface area contributed by atoms with Gasteiger partial charge in [-0.1, -0.05) is 12.8 Å². The van der Waals surface area contributed by atoms with Crippen LogP contribution in [0.25, 0.3) is 0 Å². The first-order valence-corrected chi connectivity index (χ1v) is 15.2. The van der Waals surface area contributed by atoms with Gasteiger partial charge in [0.25, 0.3) is 0 Å². The van der Waals surface area contributed by atoms with Crippen molar-refractivity contribution in [2.24, 2.45) is 5.92 Å². The Balaban J connectivity index is 2.58. The first kappa shape index (κ1) is 38.6. The molecule has 0 aromatic heterocycles. The zero-order valence-corrected chi connectivity index (χ0v) is 22.9. The van der Waals surface area contributed by atoms with E-state index in [-0.39, 0.29) is 12.8 Å². The summed E-state index contributed by atoms with van der Waals surface area (Å²) in [6.07, 6.45) is -8.21. The van der Waals surface area contributed by atoms with E-state index in [2.05, 4.69) is 3.63 Å². The fourth-order valence-corrected chi connectivity index (χ4v) is 9.71. The Hall–Kier alpha value is -1.59. The molecule has 0 spiro atoms. The van der Waals surface area contributed by atoms with Crippen molar-refractivity contribution in [3.8, 4) is 0 Å². The molecule has 1 saturated carbocycles. The van der Waals surface area contributed by atoms with E-state index >= 15 is 0 Å². The topological polar surface area (TPSA) is 77.5 Å². The van der Waals surface area contributed by atoms with Crippen molar-refractivity contribution < 1.29 is 96.3 Å². The predicted molar refractivity (Wildman–Crippen MR) is 114 cm³/mol. The monoisotopic (exact) mass is 726 g/mol. The Kier molecular flexibility index (Phi) is 9.90. The molecule has 260 valence electrons. The molecule has 5 nitrogen and oxygen atoms in total. The van der Waals surface area contributed by atoms with Gasteiger partial charge < -0.3 is 0 Å². The Labute approximate surface area is 237 Å². The van der Waals surface area contributed by atoms with Crippen LogP contribution in [0.2, 0.25) is 0 Å². The number of halogens is 17. The first-order valence-electron chi connectivity index (χ1n) is 11.8. The molecule has 0 unspecified atom stereocenters. The fraction of sp³-hybridized carbons (Fsp3) is 0.900. The Bertz CT molecular complexity index is 1210. The zero-order valence-electron chi connectivity index (χ0n) is 21.2. The molecule has 0 amide bonds. The number of rotatable bonds is 12. The van der Waals surface area contributed by atoms with Gasteiger partial charge in [0.15, 0.2) is 0 Å². The van der Waals surface area contributed by atoms with Crippen LogP contribution >= 0.6 is 10.3 Å². The van der Waals surface area contributed by atoms with Crippen LogP contribution in [0.5, 0.6) is 0 Å². The third-order valence-corrected chi connectivity index (χ3v) is 12.4. The number of ketones is 2. The smallest absolute Gasteiger partial charge is 0.300 e. The molecule has 0 bridgehead atoms. The standard InChI is InChI=1S/C20H19F17O5S2/c21-13(22,15(25,26)17(29,30)19(33,34)35)14(23,24)16(27,28)18(31,32)20(36,37)44(40,41)42-43(7-5-11(38)6-8-43)9-12(39)10-3-1-2-4-10/h10H,1-9H2. The minimum atomic E-state index is -8.96. The molecule has 2 aliphatic rings. The van der Waals surface area contributed by atoms with Gasteiger partial charge >= 0.3 is 57.1 Å². The molecule has 0 atom stereocenters.